The summed E-state index contributed by atoms with van der Waals surface area (Å²) in [7, 11) is 1.87. The number of hydrogen-bond donors (Lipinski definition) is 0. The van der Waals surface area contributed by atoms with E-state index in [1.165, 1.54) is 0 Å². The van der Waals surface area contributed by atoms with Gasteiger partial charge in [-0.1, -0.05) is 11.6 Å². The molecule has 3 aromatic rings. The van der Waals surface area contributed by atoms with Crippen molar-refractivity contribution in [1.29, 1.82) is 0 Å². The van der Waals surface area contributed by atoms with Gasteiger partial charge in [0, 0.05) is 24.8 Å². The smallest absolute Gasteiger partial charge is 0.161 e. The normalized spacial score (nSPS) is 10.9. The van der Waals surface area contributed by atoms with Crippen molar-refractivity contribution in [2.24, 2.45) is 7.05 Å². The highest BCUT2D eigenvalue weighted by Crippen LogP contribution is 2.23. The van der Waals surface area contributed by atoms with Crippen LogP contribution in [0.4, 0.5) is 0 Å². The summed E-state index contributed by atoms with van der Waals surface area (Å²) >= 11 is 6.06. The maximum atomic E-state index is 6.06. The molecule has 0 amide bonds. The zero-order valence-electron chi connectivity index (χ0n) is 9.13. The van der Waals surface area contributed by atoms with Crippen LogP contribution in [0, 0.1) is 0 Å². The second-order valence-corrected chi connectivity index (χ2v) is 4.14. The molecule has 0 N–H and O–H groups in total. The second kappa shape index (κ2) is 3.82. The van der Waals surface area contributed by atoms with E-state index in [0.717, 1.165) is 16.8 Å². The van der Waals surface area contributed by atoms with Crippen LogP contribution in [-0.4, -0.2) is 19.7 Å². The lowest BCUT2D eigenvalue weighted by Gasteiger charge is -2.00. The van der Waals surface area contributed by atoms with Crippen LogP contribution in [0.25, 0.3) is 22.4 Å². The van der Waals surface area contributed by atoms with Gasteiger partial charge in [0.2, 0.25) is 0 Å². The summed E-state index contributed by atoms with van der Waals surface area (Å²) < 4.78 is 1.74. The number of pyridine rings is 2. The molecule has 3 aromatic heterocycles. The Labute approximate surface area is 103 Å². The Bertz CT molecular complexity index is 690. The van der Waals surface area contributed by atoms with Crippen LogP contribution in [0.2, 0.25) is 5.02 Å². The van der Waals surface area contributed by atoms with E-state index in [9.17, 15) is 0 Å². The van der Waals surface area contributed by atoms with Crippen LogP contribution in [0.3, 0.4) is 0 Å². The largest absolute Gasteiger partial charge is 0.275 e. The van der Waals surface area contributed by atoms with Gasteiger partial charge >= 0.3 is 0 Å². The first-order valence-electron chi connectivity index (χ1n) is 5.15. The number of aryl methyl sites for hydroxylation is 1. The van der Waals surface area contributed by atoms with Crippen molar-refractivity contribution in [2.75, 3.05) is 0 Å². The van der Waals surface area contributed by atoms with Crippen molar-refractivity contribution in [3.8, 4) is 11.4 Å². The maximum Gasteiger partial charge on any atom is 0.161 e. The molecular formula is C12H9ClN4. The molecule has 0 fully saturated rings. The summed E-state index contributed by atoms with van der Waals surface area (Å²) in [6.07, 6.45) is 3.53. The molecule has 17 heavy (non-hydrogen) atoms. The van der Waals surface area contributed by atoms with Gasteiger partial charge in [-0.15, -0.1) is 0 Å². The standard InChI is InChI=1S/C12H9ClN4/c1-17-7-5-11(16-17)10-3-2-8-9(13)4-6-14-12(8)15-10/h2-7H,1H3. The average molecular weight is 245 g/mol. The maximum absolute atomic E-state index is 6.06. The Hall–Kier alpha value is -1.94. The molecule has 0 atom stereocenters. The van der Waals surface area contributed by atoms with Gasteiger partial charge in [-0.3, -0.25) is 4.68 Å². The van der Waals surface area contributed by atoms with Crippen LogP contribution >= 0.6 is 11.6 Å². The van der Waals surface area contributed by atoms with Crippen LogP contribution < -0.4 is 0 Å². The third-order valence-electron chi connectivity index (χ3n) is 2.53. The highest BCUT2D eigenvalue weighted by molar-refractivity contribution is 6.35. The summed E-state index contributed by atoms with van der Waals surface area (Å²) in [5, 5.41) is 5.82. The fraction of sp³-hybridized carbons (Fsp3) is 0.0833. The van der Waals surface area contributed by atoms with Gasteiger partial charge in [-0.2, -0.15) is 5.10 Å². The fourth-order valence-electron chi connectivity index (χ4n) is 1.69. The summed E-state index contributed by atoms with van der Waals surface area (Å²) in [6, 6.07) is 7.49. The van der Waals surface area contributed by atoms with E-state index in [1.807, 2.05) is 31.4 Å². The minimum absolute atomic E-state index is 0.639. The van der Waals surface area contributed by atoms with Gasteiger partial charge < -0.3 is 0 Å². The lowest BCUT2D eigenvalue weighted by atomic mass is 10.2. The SMILES string of the molecule is Cn1ccc(-c2ccc3c(Cl)ccnc3n2)n1. The summed E-state index contributed by atoms with van der Waals surface area (Å²) in [5.74, 6) is 0. The number of halogens is 1. The first-order valence-corrected chi connectivity index (χ1v) is 5.53. The summed E-state index contributed by atoms with van der Waals surface area (Å²) in [6.45, 7) is 0. The molecule has 0 unspecified atom stereocenters. The Morgan fingerprint density at radius 3 is 2.76 bits per heavy atom. The van der Waals surface area contributed by atoms with Crippen molar-refractivity contribution in [2.45, 2.75) is 0 Å². The van der Waals surface area contributed by atoms with Crippen molar-refractivity contribution in [3.63, 3.8) is 0 Å². The Morgan fingerprint density at radius 1 is 1.12 bits per heavy atom. The molecule has 0 aromatic carbocycles. The molecule has 0 bridgehead atoms. The minimum Gasteiger partial charge on any atom is -0.275 e. The monoisotopic (exact) mass is 244 g/mol. The van der Waals surface area contributed by atoms with E-state index in [2.05, 4.69) is 15.1 Å². The van der Waals surface area contributed by atoms with Gasteiger partial charge in [-0.25, -0.2) is 9.97 Å². The molecule has 0 radical (unpaired) electrons. The van der Waals surface area contributed by atoms with Gasteiger partial charge in [-0.05, 0) is 24.3 Å². The van der Waals surface area contributed by atoms with Crippen LogP contribution in [0.15, 0.2) is 36.7 Å². The van der Waals surface area contributed by atoms with Crippen LogP contribution in [0.5, 0.6) is 0 Å². The lowest BCUT2D eigenvalue weighted by molar-refractivity contribution is 0.770. The van der Waals surface area contributed by atoms with Crippen LogP contribution in [-0.2, 0) is 7.05 Å². The van der Waals surface area contributed by atoms with E-state index < -0.39 is 0 Å². The molecule has 5 heteroatoms. The molecule has 4 nitrogen and oxygen atoms in total. The predicted molar refractivity (Wildman–Crippen MR) is 66.8 cm³/mol. The van der Waals surface area contributed by atoms with Gasteiger partial charge in [0.05, 0.1) is 10.7 Å². The highest BCUT2D eigenvalue weighted by Gasteiger charge is 2.06. The van der Waals surface area contributed by atoms with Crippen molar-refractivity contribution < 1.29 is 0 Å². The van der Waals surface area contributed by atoms with Crippen molar-refractivity contribution in [1.82, 2.24) is 19.7 Å². The molecular weight excluding hydrogens is 236 g/mol. The summed E-state index contributed by atoms with van der Waals surface area (Å²) in [5.41, 5.74) is 2.27. The summed E-state index contributed by atoms with van der Waals surface area (Å²) in [4.78, 5) is 8.65. The average Bonchev–Trinajstić information content (AvgIpc) is 2.76. The Kier molecular flexibility index (Phi) is 2.30. The van der Waals surface area contributed by atoms with E-state index in [0.29, 0.717) is 10.7 Å². The zero-order chi connectivity index (χ0) is 11.8. The molecule has 3 heterocycles. The quantitative estimate of drug-likeness (QED) is 0.661. The molecule has 0 saturated heterocycles. The van der Waals surface area contributed by atoms with E-state index >= 15 is 0 Å². The van der Waals surface area contributed by atoms with Gasteiger partial charge in [0.1, 0.15) is 5.69 Å². The molecule has 0 aliphatic rings. The number of fused-ring (bicyclic) bond motifs is 1. The fourth-order valence-corrected chi connectivity index (χ4v) is 1.89. The first kappa shape index (κ1) is 10.2. The molecule has 0 aliphatic carbocycles. The Balaban J connectivity index is 2.20. The number of aromatic nitrogens is 4. The Morgan fingerprint density at radius 2 is 2.00 bits per heavy atom. The highest BCUT2D eigenvalue weighted by atomic mass is 35.5. The van der Waals surface area contributed by atoms with Gasteiger partial charge in [0.15, 0.2) is 5.65 Å². The second-order valence-electron chi connectivity index (χ2n) is 3.74. The minimum atomic E-state index is 0.639. The number of hydrogen-bond acceptors (Lipinski definition) is 3. The number of nitrogens with zero attached hydrogens (tertiary/aromatic N) is 4. The zero-order valence-corrected chi connectivity index (χ0v) is 9.89. The number of rotatable bonds is 1. The van der Waals surface area contributed by atoms with Crippen molar-refractivity contribution >= 4 is 22.6 Å². The molecule has 0 saturated carbocycles. The predicted octanol–water partition coefficient (Wildman–Crippen LogP) is 2.68. The van der Waals surface area contributed by atoms with E-state index in [-0.39, 0.29) is 0 Å². The molecule has 3 rings (SSSR count). The molecule has 84 valence electrons. The third kappa shape index (κ3) is 1.76. The molecule has 0 spiro atoms. The topological polar surface area (TPSA) is 43.6 Å². The van der Waals surface area contributed by atoms with E-state index in [4.69, 9.17) is 11.6 Å². The molecule has 0 aliphatic heterocycles. The van der Waals surface area contributed by atoms with Crippen LogP contribution in [0.1, 0.15) is 0 Å². The third-order valence-corrected chi connectivity index (χ3v) is 2.86. The van der Waals surface area contributed by atoms with E-state index in [1.54, 1.807) is 16.9 Å². The lowest BCUT2D eigenvalue weighted by Crippen LogP contribution is -1.91. The van der Waals surface area contributed by atoms with Gasteiger partial charge in [0.25, 0.3) is 0 Å². The first-order chi connectivity index (χ1) is 8.24. The van der Waals surface area contributed by atoms with Crippen molar-refractivity contribution in [3.05, 3.63) is 41.7 Å².